The normalized spacial score (nSPS) is 48.9. The SMILES string of the molecule is CC(=O)N[C@H]1[C@@H](O[C@H]2[C@@H](O)[C@@H](CO)O[C@H](O[C@H]3[C@H](NC(C)=O)[C@@H](O)O[C@@H](C)[C@H]3O[C@@H]3O[C@H](CO)[C@@H](O)[C@H](O)[C@H]3O)[C@@H]2O[C@H]2O[C@H](C(=O)O)[C@H](O)[C@H](O)[C@H]2O)O[C@H](CO)[C@@H](O)[C@@H]1O. The van der Waals surface area contributed by atoms with Crippen LogP contribution in [0.5, 0.6) is 0 Å². The summed E-state index contributed by atoms with van der Waals surface area (Å²) in [6, 6.07) is -3.39. The number of hydrogen-bond acceptors (Lipinski definition) is 25. The molecule has 0 spiro atoms. The highest BCUT2D eigenvalue weighted by Gasteiger charge is 2.58. The Bertz CT molecular complexity index is 1500. The monoisotopic (exact) mass is 908 g/mol. The van der Waals surface area contributed by atoms with Gasteiger partial charge in [-0.2, -0.15) is 0 Å². The maximum atomic E-state index is 12.5. The lowest BCUT2D eigenvalue weighted by molar-refractivity contribution is -0.401. The van der Waals surface area contributed by atoms with Crippen molar-refractivity contribution in [3.8, 4) is 0 Å². The highest BCUT2D eigenvalue weighted by molar-refractivity contribution is 5.74. The van der Waals surface area contributed by atoms with E-state index < -0.39 is 191 Å². The van der Waals surface area contributed by atoms with E-state index in [2.05, 4.69) is 10.6 Å². The number of carboxylic acid groups (broad SMARTS) is 1. The molecule has 0 aromatic heterocycles. The van der Waals surface area contributed by atoms with Gasteiger partial charge in [0.1, 0.15) is 110 Å². The summed E-state index contributed by atoms with van der Waals surface area (Å²) >= 11 is 0. The third-order valence-corrected chi connectivity index (χ3v) is 11.0. The Labute approximate surface area is 350 Å². The van der Waals surface area contributed by atoms with E-state index in [1.54, 1.807) is 0 Å². The van der Waals surface area contributed by atoms with E-state index in [1.807, 2.05) is 0 Å². The van der Waals surface area contributed by atoms with Gasteiger partial charge in [-0.1, -0.05) is 0 Å². The van der Waals surface area contributed by atoms with Crippen LogP contribution in [0.25, 0.3) is 0 Å². The van der Waals surface area contributed by atoms with Gasteiger partial charge in [-0.05, 0) is 6.92 Å². The minimum absolute atomic E-state index is 0.802. The number of aliphatic carboxylic acids is 1. The van der Waals surface area contributed by atoms with Crippen LogP contribution in [0.3, 0.4) is 0 Å². The molecule has 5 fully saturated rings. The molecule has 5 heterocycles. The fraction of sp³-hybridized carbons (Fsp3) is 0.912. The Morgan fingerprint density at radius 2 is 0.903 bits per heavy atom. The number of aliphatic hydroxyl groups excluding tert-OH is 13. The van der Waals surface area contributed by atoms with Gasteiger partial charge in [0.05, 0.1) is 25.9 Å². The van der Waals surface area contributed by atoms with Crippen LogP contribution < -0.4 is 10.6 Å². The van der Waals surface area contributed by atoms with Crippen molar-refractivity contribution in [1.82, 2.24) is 10.6 Å². The number of rotatable bonds is 14. The molecule has 2 amide bonds. The van der Waals surface area contributed by atoms with Gasteiger partial charge in [-0.25, -0.2) is 4.79 Å². The van der Waals surface area contributed by atoms with Crippen molar-refractivity contribution < 1.29 is 129 Å². The van der Waals surface area contributed by atoms with E-state index in [0.717, 1.165) is 13.8 Å². The number of ether oxygens (including phenoxy) is 9. The predicted molar refractivity (Wildman–Crippen MR) is 189 cm³/mol. The number of aliphatic hydroxyl groups is 13. The number of nitrogens with one attached hydrogen (secondary N) is 2. The molecule has 62 heavy (non-hydrogen) atoms. The molecule has 0 aromatic rings. The van der Waals surface area contributed by atoms with E-state index in [4.69, 9.17) is 42.6 Å². The average Bonchev–Trinajstić information content (AvgIpc) is 3.21. The van der Waals surface area contributed by atoms with Crippen LogP contribution in [0.4, 0.5) is 0 Å². The van der Waals surface area contributed by atoms with Gasteiger partial charge in [0, 0.05) is 13.8 Å². The Hall–Kier alpha value is -2.47. The Morgan fingerprint density at radius 3 is 1.45 bits per heavy atom. The molecule has 358 valence electrons. The van der Waals surface area contributed by atoms with Crippen molar-refractivity contribution >= 4 is 17.8 Å². The number of carbonyl (C=O) groups excluding carboxylic acids is 2. The van der Waals surface area contributed by atoms with E-state index in [9.17, 15) is 85.9 Å². The molecule has 0 aliphatic carbocycles. The number of carboxylic acids is 1. The smallest absolute Gasteiger partial charge is 0.335 e. The minimum atomic E-state index is -2.29. The molecule has 16 N–H and O–H groups in total. The molecule has 5 aliphatic heterocycles. The second-order valence-corrected chi connectivity index (χ2v) is 15.4. The summed E-state index contributed by atoms with van der Waals surface area (Å²) in [5.74, 6) is -3.45. The summed E-state index contributed by atoms with van der Waals surface area (Å²) in [5, 5.41) is 152. The van der Waals surface area contributed by atoms with Crippen molar-refractivity contribution in [2.75, 3.05) is 19.8 Å². The third kappa shape index (κ3) is 10.6. The van der Waals surface area contributed by atoms with Crippen molar-refractivity contribution in [3.63, 3.8) is 0 Å². The molecule has 5 aliphatic rings. The lowest BCUT2D eigenvalue weighted by Crippen LogP contribution is -2.71. The molecule has 0 unspecified atom stereocenters. The highest BCUT2D eigenvalue weighted by atomic mass is 16.8. The van der Waals surface area contributed by atoms with Crippen molar-refractivity contribution in [1.29, 1.82) is 0 Å². The summed E-state index contributed by atoms with van der Waals surface area (Å²) < 4.78 is 52.3. The Morgan fingerprint density at radius 1 is 0.468 bits per heavy atom. The Balaban J connectivity index is 1.60. The van der Waals surface area contributed by atoms with Crippen LogP contribution in [0.2, 0.25) is 0 Å². The molecule has 25 atom stereocenters. The molecule has 0 radical (unpaired) electrons. The highest BCUT2D eigenvalue weighted by Crippen LogP contribution is 2.37. The van der Waals surface area contributed by atoms with Crippen LogP contribution in [0.1, 0.15) is 20.8 Å². The lowest BCUT2D eigenvalue weighted by atomic mass is 9.94. The predicted octanol–water partition coefficient (Wildman–Crippen LogP) is -10.5. The van der Waals surface area contributed by atoms with Gasteiger partial charge in [-0.3, -0.25) is 9.59 Å². The Kier molecular flexibility index (Phi) is 17.3. The second-order valence-electron chi connectivity index (χ2n) is 15.4. The molecule has 28 heteroatoms. The molecule has 0 aromatic carbocycles. The quantitative estimate of drug-likeness (QED) is 0.0769. The summed E-state index contributed by atoms with van der Waals surface area (Å²) in [4.78, 5) is 36.8. The van der Waals surface area contributed by atoms with Crippen LogP contribution in [0, 0.1) is 0 Å². The van der Waals surface area contributed by atoms with Crippen molar-refractivity contribution in [2.45, 2.75) is 174 Å². The maximum Gasteiger partial charge on any atom is 0.335 e. The zero-order valence-electron chi connectivity index (χ0n) is 33.2. The zero-order chi connectivity index (χ0) is 46.1. The molecular weight excluding hydrogens is 852 g/mol. The van der Waals surface area contributed by atoms with Crippen molar-refractivity contribution in [3.05, 3.63) is 0 Å². The third-order valence-electron chi connectivity index (χ3n) is 11.0. The topological polar surface area (TPSA) is 442 Å². The van der Waals surface area contributed by atoms with Gasteiger partial charge in [0.2, 0.25) is 11.8 Å². The number of hydrogen-bond donors (Lipinski definition) is 16. The van der Waals surface area contributed by atoms with E-state index in [0.29, 0.717) is 0 Å². The minimum Gasteiger partial charge on any atom is -0.479 e. The summed E-state index contributed by atoms with van der Waals surface area (Å²) in [5.41, 5.74) is 0. The average molecular weight is 909 g/mol. The molecular formula is C34H56N2O26. The maximum absolute atomic E-state index is 12.5. The molecule has 0 bridgehead atoms. The van der Waals surface area contributed by atoms with Crippen LogP contribution in [-0.2, 0) is 57.0 Å². The van der Waals surface area contributed by atoms with Crippen LogP contribution >= 0.6 is 0 Å². The van der Waals surface area contributed by atoms with Crippen LogP contribution in [-0.4, -0.2) is 263 Å². The number of carbonyl (C=O) groups is 3. The largest absolute Gasteiger partial charge is 0.479 e. The van der Waals surface area contributed by atoms with Crippen LogP contribution in [0.15, 0.2) is 0 Å². The van der Waals surface area contributed by atoms with Gasteiger partial charge >= 0.3 is 5.97 Å². The first-order valence-electron chi connectivity index (χ1n) is 19.4. The van der Waals surface area contributed by atoms with E-state index >= 15 is 0 Å². The number of amides is 2. The summed E-state index contributed by atoms with van der Waals surface area (Å²) in [6.45, 7) is 0.493. The van der Waals surface area contributed by atoms with Gasteiger partial charge < -0.3 is 125 Å². The van der Waals surface area contributed by atoms with Gasteiger partial charge in [0.25, 0.3) is 0 Å². The summed E-state index contributed by atoms with van der Waals surface area (Å²) in [6.07, 6.45) is -44.9. The molecule has 5 saturated heterocycles. The zero-order valence-corrected chi connectivity index (χ0v) is 33.2. The van der Waals surface area contributed by atoms with E-state index in [-0.39, 0.29) is 0 Å². The first kappa shape index (κ1) is 50.5. The molecule has 5 rings (SSSR count). The standard InChI is InChI=1S/C34H56N2O26/c1-7-24(58-32-22(49)19(46)16(43)11(5-38)56-32)25(14(30(53)54-7)36-9(3)41)59-34-28(62-33-23(50)20(47)21(48)27(61-33)29(51)52)26(17(44)12(6-39)57-34)60-31-13(35-8(2)40)18(45)15(42)10(4-37)55-31/h7,10-28,30-34,37-39,42-50,53H,4-6H2,1-3H3,(H,35,40)(H,36,41)(H,51,52)/t7-,10+,11+,12+,13+,14-,15+,16+,17-,18+,19-,20-,21+,22+,23+,24+,25-,26-,27-,28+,30-,31+,32-,33+,34+/m0/s1. The van der Waals surface area contributed by atoms with Gasteiger partial charge in [-0.15, -0.1) is 0 Å². The first-order chi connectivity index (χ1) is 29.1. The van der Waals surface area contributed by atoms with Gasteiger partial charge in [0.15, 0.2) is 37.6 Å². The molecule has 28 nitrogen and oxygen atoms in total. The lowest BCUT2D eigenvalue weighted by Gasteiger charge is -2.51. The second kappa shape index (κ2) is 21.2. The molecule has 0 saturated carbocycles. The fourth-order valence-electron chi connectivity index (χ4n) is 7.76. The van der Waals surface area contributed by atoms with Crippen molar-refractivity contribution in [2.24, 2.45) is 0 Å². The fourth-order valence-corrected chi connectivity index (χ4v) is 7.76. The first-order valence-corrected chi connectivity index (χ1v) is 19.4. The summed E-state index contributed by atoms with van der Waals surface area (Å²) in [7, 11) is 0. The van der Waals surface area contributed by atoms with E-state index in [1.165, 1.54) is 6.92 Å².